The van der Waals surface area contributed by atoms with Crippen LogP contribution in [0.4, 0.5) is 11.4 Å². The molecule has 2 heterocycles. The highest BCUT2D eigenvalue weighted by atomic mass is 16.5. The van der Waals surface area contributed by atoms with Gasteiger partial charge in [0, 0.05) is 19.5 Å². The first-order chi connectivity index (χ1) is 9.36. The number of hydrogen-bond acceptors (Lipinski definition) is 5. The quantitative estimate of drug-likeness (QED) is 0.916. The van der Waals surface area contributed by atoms with Gasteiger partial charge in [-0.2, -0.15) is 4.98 Å². The van der Waals surface area contributed by atoms with Crippen LogP contribution < -0.4 is 10.2 Å². The molecule has 0 saturated carbocycles. The predicted molar refractivity (Wildman–Crippen MR) is 74.3 cm³/mol. The first-order valence-corrected chi connectivity index (χ1v) is 6.76. The molecule has 1 aromatic carbocycles. The van der Waals surface area contributed by atoms with Crippen molar-refractivity contribution in [2.24, 2.45) is 0 Å². The molecule has 0 aliphatic carbocycles. The number of nitrogens with one attached hydrogen (secondary N) is 1. The van der Waals surface area contributed by atoms with Crippen molar-refractivity contribution < 1.29 is 4.52 Å². The number of anilines is 2. The molecular formula is C14H18N4O. The first kappa shape index (κ1) is 12.0. The van der Waals surface area contributed by atoms with Gasteiger partial charge in [0.15, 0.2) is 5.82 Å². The van der Waals surface area contributed by atoms with Gasteiger partial charge in [-0.25, -0.2) is 0 Å². The van der Waals surface area contributed by atoms with Gasteiger partial charge in [0.25, 0.3) is 0 Å². The van der Waals surface area contributed by atoms with Crippen molar-refractivity contribution in [2.45, 2.75) is 26.3 Å². The summed E-state index contributed by atoms with van der Waals surface area (Å²) in [6, 6.07) is 8.36. The first-order valence-electron chi connectivity index (χ1n) is 6.76. The molecule has 3 rings (SSSR count). The van der Waals surface area contributed by atoms with Crippen LogP contribution in [-0.4, -0.2) is 23.2 Å². The van der Waals surface area contributed by atoms with E-state index < -0.39 is 0 Å². The predicted octanol–water partition coefficient (Wildman–Crippen LogP) is 2.45. The van der Waals surface area contributed by atoms with Crippen molar-refractivity contribution in [1.29, 1.82) is 0 Å². The van der Waals surface area contributed by atoms with E-state index in [9.17, 15) is 0 Å². The highest BCUT2D eigenvalue weighted by Gasteiger charge is 2.16. The lowest BCUT2D eigenvalue weighted by atomic mass is 10.2. The maximum Gasteiger partial charge on any atom is 0.226 e. The maximum absolute atomic E-state index is 5.17. The molecule has 5 heteroatoms. The Morgan fingerprint density at radius 1 is 1.37 bits per heavy atom. The Labute approximate surface area is 112 Å². The van der Waals surface area contributed by atoms with Gasteiger partial charge in [0.1, 0.15) is 0 Å². The molecule has 0 amide bonds. The Kier molecular flexibility index (Phi) is 3.35. The van der Waals surface area contributed by atoms with Crippen molar-refractivity contribution in [3.05, 3.63) is 36.0 Å². The van der Waals surface area contributed by atoms with Crippen molar-refractivity contribution in [1.82, 2.24) is 10.1 Å². The van der Waals surface area contributed by atoms with E-state index >= 15 is 0 Å². The molecule has 1 aromatic heterocycles. The van der Waals surface area contributed by atoms with Gasteiger partial charge in [-0.3, -0.25) is 0 Å². The zero-order valence-corrected chi connectivity index (χ0v) is 11.1. The van der Waals surface area contributed by atoms with E-state index in [1.54, 1.807) is 0 Å². The Morgan fingerprint density at radius 2 is 2.26 bits per heavy atom. The van der Waals surface area contributed by atoms with E-state index in [1.165, 1.54) is 11.4 Å². The summed E-state index contributed by atoms with van der Waals surface area (Å²) in [5, 5.41) is 7.49. The molecule has 0 radical (unpaired) electrons. The summed E-state index contributed by atoms with van der Waals surface area (Å²) < 4.78 is 5.17. The second-order valence-electron chi connectivity index (χ2n) is 4.68. The fourth-order valence-electron chi connectivity index (χ4n) is 2.35. The smallest absolute Gasteiger partial charge is 0.226 e. The van der Waals surface area contributed by atoms with Crippen molar-refractivity contribution in [2.75, 3.05) is 23.3 Å². The molecule has 0 saturated heterocycles. The lowest BCUT2D eigenvalue weighted by molar-refractivity contribution is 0.376. The standard InChI is InChI=1S/C14H18N4O/c1-2-14-16-13(17-19-14)10-18-9-5-8-15-11-6-3-4-7-12(11)18/h3-4,6-7,15H,2,5,8-10H2,1H3. The van der Waals surface area contributed by atoms with E-state index in [0.29, 0.717) is 12.4 Å². The van der Waals surface area contributed by atoms with E-state index in [2.05, 4.69) is 44.6 Å². The number of fused-ring (bicyclic) bond motifs is 1. The zero-order valence-electron chi connectivity index (χ0n) is 11.1. The highest BCUT2D eigenvalue weighted by Crippen LogP contribution is 2.28. The second kappa shape index (κ2) is 5.30. The fraction of sp³-hybridized carbons (Fsp3) is 0.429. The third-order valence-electron chi connectivity index (χ3n) is 3.31. The zero-order chi connectivity index (χ0) is 13.1. The largest absolute Gasteiger partial charge is 0.383 e. The molecule has 19 heavy (non-hydrogen) atoms. The van der Waals surface area contributed by atoms with Crippen molar-refractivity contribution >= 4 is 11.4 Å². The molecule has 0 unspecified atom stereocenters. The molecule has 1 N–H and O–H groups in total. The molecular weight excluding hydrogens is 240 g/mol. The SMILES string of the molecule is CCc1nc(CN2CCCNc3ccccc32)no1. The monoisotopic (exact) mass is 258 g/mol. The lowest BCUT2D eigenvalue weighted by Gasteiger charge is -2.22. The highest BCUT2D eigenvalue weighted by molar-refractivity contribution is 5.70. The van der Waals surface area contributed by atoms with Gasteiger partial charge in [-0.1, -0.05) is 24.2 Å². The number of aryl methyl sites for hydroxylation is 1. The molecule has 2 aromatic rings. The van der Waals surface area contributed by atoms with Crippen LogP contribution in [0.25, 0.3) is 0 Å². The van der Waals surface area contributed by atoms with Gasteiger partial charge in [0.05, 0.1) is 17.9 Å². The maximum atomic E-state index is 5.17. The number of nitrogens with zero attached hydrogens (tertiary/aromatic N) is 3. The summed E-state index contributed by atoms with van der Waals surface area (Å²) >= 11 is 0. The van der Waals surface area contributed by atoms with E-state index in [1.807, 2.05) is 6.92 Å². The van der Waals surface area contributed by atoms with Crippen LogP contribution in [0.3, 0.4) is 0 Å². The number of para-hydroxylation sites is 2. The third kappa shape index (κ3) is 2.54. The molecule has 0 bridgehead atoms. The summed E-state index contributed by atoms with van der Waals surface area (Å²) in [5.74, 6) is 1.46. The van der Waals surface area contributed by atoms with Crippen LogP contribution in [0.5, 0.6) is 0 Å². The van der Waals surface area contributed by atoms with Gasteiger partial charge in [-0.05, 0) is 18.6 Å². The number of hydrogen-bond donors (Lipinski definition) is 1. The minimum atomic E-state index is 0.697. The topological polar surface area (TPSA) is 54.2 Å². The van der Waals surface area contributed by atoms with Crippen molar-refractivity contribution in [3.8, 4) is 0 Å². The molecule has 1 aliphatic rings. The minimum Gasteiger partial charge on any atom is -0.383 e. The fourth-order valence-corrected chi connectivity index (χ4v) is 2.35. The van der Waals surface area contributed by atoms with Crippen LogP contribution >= 0.6 is 0 Å². The van der Waals surface area contributed by atoms with E-state index in [4.69, 9.17) is 4.52 Å². The minimum absolute atomic E-state index is 0.697. The summed E-state index contributed by atoms with van der Waals surface area (Å²) in [5.41, 5.74) is 2.39. The number of aromatic nitrogens is 2. The van der Waals surface area contributed by atoms with Crippen LogP contribution in [-0.2, 0) is 13.0 Å². The number of benzene rings is 1. The van der Waals surface area contributed by atoms with Crippen LogP contribution in [0.15, 0.2) is 28.8 Å². The third-order valence-corrected chi connectivity index (χ3v) is 3.31. The Balaban J connectivity index is 1.83. The van der Waals surface area contributed by atoms with Crippen LogP contribution in [0.2, 0.25) is 0 Å². The van der Waals surface area contributed by atoms with Gasteiger partial charge < -0.3 is 14.7 Å². The van der Waals surface area contributed by atoms with E-state index in [0.717, 1.165) is 31.8 Å². The molecule has 0 atom stereocenters. The summed E-state index contributed by atoms with van der Waals surface area (Å²) in [7, 11) is 0. The summed E-state index contributed by atoms with van der Waals surface area (Å²) in [6.45, 7) is 4.71. The van der Waals surface area contributed by atoms with Crippen LogP contribution in [0.1, 0.15) is 25.1 Å². The Bertz CT molecular complexity index is 552. The summed E-state index contributed by atoms with van der Waals surface area (Å²) in [4.78, 5) is 6.69. The van der Waals surface area contributed by atoms with Gasteiger partial charge in [0.2, 0.25) is 5.89 Å². The Hall–Kier alpha value is -2.04. The Morgan fingerprint density at radius 3 is 3.11 bits per heavy atom. The average molecular weight is 258 g/mol. The normalized spacial score (nSPS) is 14.7. The molecule has 5 nitrogen and oxygen atoms in total. The lowest BCUT2D eigenvalue weighted by Crippen LogP contribution is -2.23. The number of rotatable bonds is 3. The molecule has 100 valence electrons. The summed E-state index contributed by atoms with van der Waals surface area (Å²) in [6.07, 6.45) is 1.89. The second-order valence-corrected chi connectivity index (χ2v) is 4.68. The molecule has 0 fully saturated rings. The van der Waals surface area contributed by atoms with Gasteiger partial charge in [-0.15, -0.1) is 0 Å². The van der Waals surface area contributed by atoms with Gasteiger partial charge >= 0.3 is 0 Å². The average Bonchev–Trinajstić information content (AvgIpc) is 2.80. The van der Waals surface area contributed by atoms with E-state index in [-0.39, 0.29) is 0 Å². The molecule has 0 spiro atoms. The van der Waals surface area contributed by atoms with Crippen LogP contribution in [0, 0.1) is 0 Å². The molecule has 1 aliphatic heterocycles. The van der Waals surface area contributed by atoms with Crippen molar-refractivity contribution in [3.63, 3.8) is 0 Å².